The van der Waals surface area contributed by atoms with Gasteiger partial charge in [0, 0.05) is 37.7 Å². The molecular formula is C30H36F2N6O5S. The molecule has 0 aliphatic heterocycles. The van der Waals surface area contributed by atoms with Crippen LogP contribution < -0.4 is 15.8 Å². The van der Waals surface area contributed by atoms with Crippen molar-refractivity contribution in [2.45, 2.75) is 37.8 Å². The number of nitrogens with one attached hydrogen (secondary N) is 1. The smallest absolute Gasteiger partial charge is 0.229 e. The van der Waals surface area contributed by atoms with Gasteiger partial charge in [-0.05, 0) is 48.4 Å². The molecule has 0 unspecified atom stereocenters. The third-order valence-corrected chi connectivity index (χ3v) is 8.62. The summed E-state index contributed by atoms with van der Waals surface area (Å²) in [6.07, 6.45) is 7.32. The number of anilines is 2. The van der Waals surface area contributed by atoms with E-state index in [2.05, 4.69) is 27.3 Å². The quantitative estimate of drug-likeness (QED) is 0.220. The first-order valence-electron chi connectivity index (χ1n) is 14.3. The molecular weight excluding hydrogens is 594 g/mol. The molecule has 1 aromatic carbocycles. The average molecular weight is 631 g/mol. The van der Waals surface area contributed by atoms with E-state index in [1.807, 2.05) is 6.07 Å². The van der Waals surface area contributed by atoms with Crippen LogP contribution in [0.1, 0.15) is 31.2 Å². The largest absolute Gasteiger partial charge is 0.491 e. The number of imidazole rings is 1. The summed E-state index contributed by atoms with van der Waals surface area (Å²) in [4.78, 5) is 8.75. The van der Waals surface area contributed by atoms with E-state index >= 15 is 8.78 Å². The Bertz CT molecular complexity index is 1680. The molecule has 4 aromatic rings. The normalized spacial score (nSPS) is 20.6. The molecule has 0 radical (unpaired) electrons. The van der Waals surface area contributed by atoms with Crippen LogP contribution in [-0.2, 0) is 19.3 Å². The zero-order valence-electron chi connectivity index (χ0n) is 24.7. The molecule has 1 aliphatic carbocycles. The Morgan fingerprint density at radius 3 is 2.57 bits per heavy atom. The number of ether oxygens (including phenoxy) is 3. The first-order chi connectivity index (χ1) is 21.0. The maximum absolute atomic E-state index is 15.1. The molecule has 236 valence electrons. The monoisotopic (exact) mass is 630 g/mol. The van der Waals surface area contributed by atoms with Crippen LogP contribution in [-0.4, -0.2) is 79.1 Å². The molecule has 3 N–H and O–H groups in total. The number of hydrogen-bond acceptors (Lipinski definition) is 10. The number of fused-ring (bicyclic) bond motifs is 1. The number of rotatable bonds is 12. The van der Waals surface area contributed by atoms with Gasteiger partial charge in [-0.1, -0.05) is 6.92 Å². The second kappa shape index (κ2) is 13.5. The SMILES string of the molecule is COCCOc1cc(F)c(-c2ccc3cnc(Nc4cnccc4[C@H]4C[C@@H](N)[C@@H](OCCS(C)(=O)=O)[C@@H](C)C4)n3n2)c(F)c1. The number of sulfone groups is 1. The summed E-state index contributed by atoms with van der Waals surface area (Å²) in [6.45, 7) is 2.60. The van der Waals surface area contributed by atoms with Gasteiger partial charge in [0.2, 0.25) is 5.95 Å². The lowest BCUT2D eigenvalue weighted by Gasteiger charge is -2.39. The summed E-state index contributed by atoms with van der Waals surface area (Å²) in [6, 6.07) is 7.08. The molecule has 5 rings (SSSR count). The third kappa shape index (κ3) is 7.32. The molecule has 1 aliphatic rings. The number of nitrogens with two attached hydrogens (primary N) is 1. The molecule has 11 nitrogen and oxygen atoms in total. The number of halogens is 2. The third-order valence-electron chi connectivity index (χ3n) is 7.71. The molecule has 4 atom stereocenters. The van der Waals surface area contributed by atoms with E-state index < -0.39 is 21.5 Å². The van der Waals surface area contributed by atoms with Crippen molar-refractivity contribution in [2.75, 3.05) is 44.3 Å². The van der Waals surface area contributed by atoms with Crippen LogP contribution >= 0.6 is 0 Å². The van der Waals surface area contributed by atoms with Crippen molar-refractivity contribution in [1.29, 1.82) is 0 Å². The fourth-order valence-corrected chi connectivity index (χ4v) is 6.05. The van der Waals surface area contributed by atoms with Crippen LogP contribution in [0.25, 0.3) is 16.8 Å². The minimum Gasteiger partial charge on any atom is -0.491 e. The van der Waals surface area contributed by atoms with E-state index in [1.165, 1.54) is 23.9 Å². The Kier molecular flexibility index (Phi) is 9.73. The fraction of sp³-hybridized carbons (Fsp3) is 0.433. The number of aromatic nitrogens is 4. The highest BCUT2D eigenvalue weighted by molar-refractivity contribution is 7.90. The lowest BCUT2D eigenvalue weighted by molar-refractivity contribution is -0.0152. The van der Waals surface area contributed by atoms with Crippen molar-refractivity contribution >= 4 is 27.0 Å². The fourth-order valence-electron chi connectivity index (χ4n) is 5.65. The summed E-state index contributed by atoms with van der Waals surface area (Å²) in [7, 11) is -1.62. The molecule has 44 heavy (non-hydrogen) atoms. The maximum atomic E-state index is 15.1. The standard InChI is InChI=1S/C30H36F2N6O5S/c1-18-12-19(13-25(33)29(18)43-10-11-44(3,39)40)22-6-7-34-17-27(22)36-30-35-16-20-4-5-26(37-38(20)30)28-23(31)14-21(15-24(28)32)42-9-8-41-2/h4-7,14-19,25,29H,8-13,33H2,1-3H3,(H,35,36)/t18-,19+,25+,29-/m0/s1. The minimum absolute atomic E-state index is 0.0489. The zero-order valence-corrected chi connectivity index (χ0v) is 25.6. The van der Waals surface area contributed by atoms with Crippen LogP contribution in [0.5, 0.6) is 5.75 Å². The summed E-state index contributed by atoms with van der Waals surface area (Å²) in [5, 5.41) is 7.80. The highest BCUT2D eigenvalue weighted by atomic mass is 32.2. The van der Waals surface area contributed by atoms with Crippen molar-refractivity contribution in [3.63, 3.8) is 0 Å². The molecule has 0 spiro atoms. The maximum Gasteiger partial charge on any atom is 0.229 e. The van der Waals surface area contributed by atoms with E-state index in [1.54, 1.807) is 24.7 Å². The molecule has 0 bridgehead atoms. The Balaban J connectivity index is 1.36. The lowest BCUT2D eigenvalue weighted by atomic mass is 9.74. The first kappa shape index (κ1) is 31.7. The van der Waals surface area contributed by atoms with Gasteiger partial charge in [-0.3, -0.25) is 4.98 Å². The van der Waals surface area contributed by atoms with E-state index in [-0.39, 0.29) is 66.6 Å². The highest BCUT2D eigenvalue weighted by Gasteiger charge is 2.36. The predicted octanol–water partition coefficient (Wildman–Crippen LogP) is 4.11. The Morgan fingerprint density at radius 1 is 1.09 bits per heavy atom. The number of benzene rings is 1. The van der Waals surface area contributed by atoms with Crippen molar-refractivity contribution in [3.8, 4) is 17.0 Å². The molecule has 14 heteroatoms. The van der Waals surface area contributed by atoms with Crippen molar-refractivity contribution in [3.05, 3.63) is 66.1 Å². The van der Waals surface area contributed by atoms with Crippen molar-refractivity contribution < 1.29 is 31.4 Å². The van der Waals surface area contributed by atoms with Gasteiger partial charge in [0.15, 0.2) is 0 Å². The summed E-state index contributed by atoms with van der Waals surface area (Å²) in [5.74, 6) is -1.12. The van der Waals surface area contributed by atoms with Gasteiger partial charge in [0.05, 0.1) is 59.9 Å². The van der Waals surface area contributed by atoms with Crippen LogP contribution in [0.15, 0.2) is 48.9 Å². The van der Waals surface area contributed by atoms with Gasteiger partial charge in [-0.15, -0.1) is 0 Å². The molecule has 1 saturated carbocycles. The Morgan fingerprint density at radius 2 is 1.86 bits per heavy atom. The first-order valence-corrected chi connectivity index (χ1v) is 16.3. The van der Waals surface area contributed by atoms with Crippen LogP contribution in [0.3, 0.4) is 0 Å². The van der Waals surface area contributed by atoms with E-state index in [4.69, 9.17) is 19.9 Å². The minimum atomic E-state index is -3.13. The van der Waals surface area contributed by atoms with Gasteiger partial charge in [0.1, 0.15) is 33.8 Å². The predicted molar refractivity (Wildman–Crippen MR) is 162 cm³/mol. The summed E-state index contributed by atoms with van der Waals surface area (Å²) < 4.78 is 70.8. The topological polar surface area (TPSA) is 143 Å². The number of nitrogens with zero attached hydrogens (tertiary/aromatic N) is 4. The average Bonchev–Trinajstić information content (AvgIpc) is 3.36. The highest BCUT2D eigenvalue weighted by Crippen LogP contribution is 2.40. The molecule has 0 amide bonds. The number of pyridine rings is 1. The molecule has 0 saturated heterocycles. The zero-order chi connectivity index (χ0) is 31.4. The second-order valence-electron chi connectivity index (χ2n) is 11.1. The van der Waals surface area contributed by atoms with E-state index in [9.17, 15) is 8.42 Å². The van der Waals surface area contributed by atoms with Gasteiger partial charge >= 0.3 is 0 Å². The van der Waals surface area contributed by atoms with Gasteiger partial charge in [-0.25, -0.2) is 22.2 Å². The summed E-state index contributed by atoms with van der Waals surface area (Å²) >= 11 is 0. The van der Waals surface area contributed by atoms with Crippen molar-refractivity contribution in [2.24, 2.45) is 11.7 Å². The van der Waals surface area contributed by atoms with E-state index in [0.717, 1.165) is 24.1 Å². The van der Waals surface area contributed by atoms with Crippen LogP contribution in [0.2, 0.25) is 0 Å². The van der Waals surface area contributed by atoms with Gasteiger partial charge in [0.25, 0.3) is 0 Å². The molecule has 3 aromatic heterocycles. The summed E-state index contributed by atoms with van der Waals surface area (Å²) in [5.41, 5.74) is 8.62. The number of hydrogen-bond donors (Lipinski definition) is 2. The van der Waals surface area contributed by atoms with E-state index in [0.29, 0.717) is 23.6 Å². The van der Waals surface area contributed by atoms with Crippen molar-refractivity contribution in [1.82, 2.24) is 19.6 Å². The van der Waals surface area contributed by atoms with Crippen LogP contribution in [0, 0.1) is 17.6 Å². The number of methoxy groups -OCH3 is 1. The molecule has 1 fully saturated rings. The molecule has 3 heterocycles. The Hall–Kier alpha value is -3.72. The van der Waals surface area contributed by atoms with Gasteiger partial charge < -0.3 is 25.3 Å². The van der Waals surface area contributed by atoms with Crippen LogP contribution in [0.4, 0.5) is 20.4 Å². The Labute approximate surface area is 254 Å². The van der Waals surface area contributed by atoms with Gasteiger partial charge in [-0.2, -0.15) is 9.61 Å². The second-order valence-corrected chi connectivity index (χ2v) is 13.4. The lowest BCUT2D eigenvalue weighted by Crippen LogP contribution is -2.47.